The van der Waals surface area contributed by atoms with Crippen molar-refractivity contribution in [3.63, 3.8) is 0 Å². The Balaban J connectivity index is 1.09. The molecule has 0 aromatic heterocycles. The van der Waals surface area contributed by atoms with Crippen molar-refractivity contribution in [1.82, 2.24) is 0 Å². The first-order chi connectivity index (χ1) is 39.5. The summed E-state index contributed by atoms with van der Waals surface area (Å²) < 4.78 is 25.2. The van der Waals surface area contributed by atoms with Crippen LogP contribution in [0.5, 0.6) is 109 Å². The van der Waals surface area contributed by atoms with Gasteiger partial charge < -0.3 is 116 Å². The number of ether oxygens (including phenoxy) is 4. The molecule has 0 saturated heterocycles. The predicted octanol–water partition coefficient (Wildman–Crippen LogP) is 6.19. The van der Waals surface area contributed by atoms with Gasteiger partial charge in [-0.15, -0.1) is 0 Å². The van der Waals surface area contributed by atoms with E-state index in [-0.39, 0.29) is 50.6 Å². The number of hydrogen-bond acceptors (Lipinski definition) is 23. The van der Waals surface area contributed by atoms with Gasteiger partial charge >= 0.3 is 0 Å². The highest BCUT2D eigenvalue weighted by atomic mass is 16.5. The highest BCUT2D eigenvalue weighted by Crippen LogP contribution is 2.64. The molecule has 0 spiro atoms. The van der Waals surface area contributed by atoms with Crippen molar-refractivity contribution < 1.29 is 116 Å². The van der Waals surface area contributed by atoms with Gasteiger partial charge in [0.05, 0.1) is 23.9 Å². The van der Waals surface area contributed by atoms with E-state index in [1.54, 1.807) is 0 Å². The zero-order chi connectivity index (χ0) is 58.9. The normalized spacial score (nSPS) is 24.1. The molecule has 11 atom stereocenters. The molecule has 8 aromatic carbocycles. The Morgan fingerprint density at radius 2 is 0.687 bits per heavy atom. The van der Waals surface area contributed by atoms with Crippen LogP contribution in [-0.2, 0) is 6.42 Å². The summed E-state index contributed by atoms with van der Waals surface area (Å²) in [5, 5.41) is 219. The van der Waals surface area contributed by atoms with E-state index in [1.807, 2.05) is 0 Å². The molecule has 0 radical (unpaired) electrons. The molecule has 19 N–H and O–H groups in total. The van der Waals surface area contributed by atoms with Crippen LogP contribution < -0.4 is 18.9 Å². The average molecular weight is 1140 g/mol. The summed E-state index contributed by atoms with van der Waals surface area (Å²) in [7, 11) is 0. The first kappa shape index (κ1) is 53.4. The number of hydrogen-bond donors (Lipinski definition) is 19. The van der Waals surface area contributed by atoms with E-state index in [0.717, 1.165) is 66.7 Å². The van der Waals surface area contributed by atoms with Crippen LogP contribution in [-0.4, -0.2) is 121 Å². The fourth-order valence-electron chi connectivity index (χ4n) is 12.1. The van der Waals surface area contributed by atoms with Gasteiger partial charge in [0.1, 0.15) is 99.2 Å². The van der Waals surface area contributed by atoms with Gasteiger partial charge in [0, 0.05) is 75.7 Å². The number of aliphatic hydroxyl groups is 4. The first-order valence-electron chi connectivity index (χ1n) is 25.6. The zero-order valence-corrected chi connectivity index (χ0v) is 42.6. The van der Waals surface area contributed by atoms with Gasteiger partial charge in [-0.25, -0.2) is 0 Å². The number of benzene rings is 8. The Bertz CT molecular complexity index is 3960. The molecule has 4 heterocycles. The molecule has 0 bridgehead atoms. The lowest BCUT2D eigenvalue weighted by Crippen LogP contribution is -2.39. The summed E-state index contributed by atoms with van der Waals surface area (Å²) in [6, 6.07) is 20.4. The van der Waals surface area contributed by atoms with Crippen molar-refractivity contribution in [3.8, 4) is 109 Å². The van der Waals surface area contributed by atoms with Crippen LogP contribution >= 0.6 is 0 Å². The van der Waals surface area contributed by atoms with Crippen LogP contribution in [0.2, 0.25) is 0 Å². The van der Waals surface area contributed by atoms with E-state index >= 15 is 0 Å². The second-order valence-corrected chi connectivity index (χ2v) is 20.8. The van der Waals surface area contributed by atoms with E-state index in [0.29, 0.717) is 0 Å². The van der Waals surface area contributed by atoms with Crippen molar-refractivity contribution in [2.24, 2.45) is 0 Å². The third-order valence-electron chi connectivity index (χ3n) is 15.9. The summed E-state index contributed by atoms with van der Waals surface area (Å²) in [5.74, 6) is -17.2. The van der Waals surface area contributed by atoms with Crippen LogP contribution in [0.1, 0.15) is 103 Å². The maximum Gasteiger partial charge on any atom is 0.157 e. The third kappa shape index (κ3) is 8.51. The molecule has 23 nitrogen and oxygen atoms in total. The Kier molecular flexibility index (Phi) is 12.6. The number of aromatic hydroxyl groups is 15. The third-order valence-corrected chi connectivity index (χ3v) is 15.9. The Labute approximate surface area is 467 Å². The van der Waals surface area contributed by atoms with Crippen LogP contribution in [0.3, 0.4) is 0 Å². The molecule has 23 heteroatoms. The van der Waals surface area contributed by atoms with Crippen LogP contribution in [0, 0.1) is 0 Å². The number of aliphatic hydroxyl groups excluding tert-OH is 4. The van der Waals surface area contributed by atoms with Gasteiger partial charge in [-0.1, -0.05) is 30.3 Å². The summed E-state index contributed by atoms with van der Waals surface area (Å²) in [4.78, 5) is 0. The lowest BCUT2D eigenvalue weighted by atomic mass is 9.72. The lowest BCUT2D eigenvalue weighted by Gasteiger charge is -2.43. The highest BCUT2D eigenvalue weighted by molar-refractivity contribution is 5.73. The monoisotopic (exact) mass is 1140 g/mol. The Morgan fingerprint density at radius 3 is 1.22 bits per heavy atom. The molecule has 0 unspecified atom stereocenters. The topological polar surface area (TPSA) is 421 Å². The van der Waals surface area contributed by atoms with Gasteiger partial charge in [0.2, 0.25) is 0 Å². The minimum Gasteiger partial charge on any atom is -0.508 e. The maximum absolute atomic E-state index is 13.0. The molecule has 0 aliphatic carbocycles. The van der Waals surface area contributed by atoms with E-state index in [2.05, 4.69) is 0 Å². The van der Waals surface area contributed by atoms with E-state index in [9.17, 15) is 97.0 Å². The number of fused-ring (bicyclic) bond motifs is 4. The molecular formula is C60H50O23. The van der Waals surface area contributed by atoms with Crippen molar-refractivity contribution in [1.29, 1.82) is 0 Å². The minimum atomic E-state index is -2.04. The van der Waals surface area contributed by atoms with E-state index < -0.39 is 193 Å². The van der Waals surface area contributed by atoms with E-state index in [1.165, 1.54) is 42.5 Å². The van der Waals surface area contributed by atoms with Gasteiger partial charge in [-0.3, -0.25) is 0 Å². The fraction of sp³-hybridized carbons (Fsp3) is 0.200. The fourth-order valence-corrected chi connectivity index (χ4v) is 12.1. The minimum absolute atomic E-state index is 0.0155. The summed E-state index contributed by atoms with van der Waals surface area (Å²) in [5.41, 5.74) is -2.80. The van der Waals surface area contributed by atoms with Crippen molar-refractivity contribution >= 4 is 0 Å². The van der Waals surface area contributed by atoms with Crippen LogP contribution in [0.25, 0.3) is 0 Å². The smallest absolute Gasteiger partial charge is 0.157 e. The molecule has 428 valence electrons. The largest absolute Gasteiger partial charge is 0.508 e. The quantitative estimate of drug-likeness (QED) is 0.0791. The first-order valence-corrected chi connectivity index (χ1v) is 25.6. The molecule has 4 aliphatic rings. The van der Waals surface area contributed by atoms with Crippen LogP contribution in [0.4, 0.5) is 0 Å². The van der Waals surface area contributed by atoms with Gasteiger partial charge in [-0.05, 0) is 70.8 Å². The number of phenolic OH excluding ortho intramolecular Hbond substituents is 15. The summed E-state index contributed by atoms with van der Waals surface area (Å²) in [6.07, 6.45) is -14.0. The second kappa shape index (κ2) is 19.5. The molecule has 83 heavy (non-hydrogen) atoms. The summed E-state index contributed by atoms with van der Waals surface area (Å²) >= 11 is 0. The Morgan fingerprint density at radius 1 is 0.289 bits per heavy atom. The second-order valence-electron chi connectivity index (χ2n) is 20.8. The molecule has 0 saturated carbocycles. The molecule has 0 fully saturated rings. The SMILES string of the molecule is Oc1ccc([C@@H]2Oc3cc(O)c([C@H]4c5c(O)cc(O)cc5O[C@H](c5ccc(O)c(O)c5)[C@@H]4O)c(O)c3[C@@H](c3c(O)cc(O)c4c3O[C@H](c3ccc(O)c(O)c3)[C@H](O)[C@H]4c3c(O)cc4c(c3O)C[C@@H](O)[C@@H](c3ccc(O)c(O)c3)O4)[C@H]2O)cc1. The highest BCUT2D eigenvalue weighted by Gasteiger charge is 2.52. The average Bonchev–Trinajstić information content (AvgIpc) is 1.43. The predicted molar refractivity (Wildman–Crippen MR) is 283 cm³/mol. The summed E-state index contributed by atoms with van der Waals surface area (Å²) in [6.45, 7) is 0. The van der Waals surface area contributed by atoms with Gasteiger partial charge in [0.25, 0.3) is 0 Å². The molecule has 0 amide bonds. The standard InChI is InChI=1S/C60H50O23/c61-24-6-1-20(2-7-24)57-55(79)50(47-41(82-57)19-37(73)44(52(47)76)48-42-33(69)14-25(62)15-40(42)81-58(53(48)77)22-4-9-28(64)31(67)12-22)46-35(71)17-34(70)45-49(54(78)59(83-60(45)46)23-5-10-29(65)32(68)13-23)43-36(72)18-39-26(51(43)75)16-38(74)56(80-39)21-3-8-27(63)30(66)11-21/h1-15,17-19,38,48-50,53-59,61-79H,16H2/t38-,48-,49+,50-,53-,54-,55-,56-,57+,58-,59-/m1/s1. The van der Waals surface area contributed by atoms with Gasteiger partial charge in [0.15, 0.2) is 52.8 Å². The molecule has 4 aliphatic heterocycles. The molecule has 12 rings (SSSR count). The van der Waals surface area contributed by atoms with E-state index in [4.69, 9.17) is 18.9 Å². The number of phenols is 15. The van der Waals surface area contributed by atoms with Crippen molar-refractivity contribution in [2.45, 2.75) is 73.0 Å². The van der Waals surface area contributed by atoms with Crippen LogP contribution in [0.15, 0.2) is 109 Å². The zero-order valence-electron chi connectivity index (χ0n) is 42.6. The maximum atomic E-state index is 13.0. The van der Waals surface area contributed by atoms with Crippen molar-refractivity contribution in [2.75, 3.05) is 0 Å². The van der Waals surface area contributed by atoms with Gasteiger partial charge in [-0.2, -0.15) is 0 Å². The number of rotatable bonds is 7. The van der Waals surface area contributed by atoms with Crippen molar-refractivity contribution in [3.05, 3.63) is 170 Å². The molecule has 8 aromatic rings. The lowest BCUT2D eigenvalue weighted by molar-refractivity contribution is -0.00425. The Hall–Kier alpha value is -10.2. The molecular weight excluding hydrogens is 1090 g/mol.